The lowest BCUT2D eigenvalue weighted by Gasteiger charge is -2.23. The summed E-state index contributed by atoms with van der Waals surface area (Å²) in [6.07, 6.45) is 1.80. The number of rotatable bonds is 4. The summed E-state index contributed by atoms with van der Waals surface area (Å²) < 4.78 is 36.9. The van der Waals surface area contributed by atoms with Gasteiger partial charge in [0.2, 0.25) is 5.95 Å². The van der Waals surface area contributed by atoms with Crippen LogP contribution in [0.15, 0.2) is 36.5 Å². The molecule has 1 N–H and O–H groups in total. The number of carbonyl (C=O) groups is 1. The average Bonchev–Trinajstić information content (AvgIpc) is 2.96. The highest BCUT2D eigenvalue weighted by Gasteiger charge is 2.33. The molecule has 1 fully saturated rings. The fourth-order valence-electron chi connectivity index (χ4n) is 2.65. The maximum atomic E-state index is 13.7. The summed E-state index contributed by atoms with van der Waals surface area (Å²) in [5.74, 6) is -0.736. The van der Waals surface area contributed by atoms with E-state index in [1.165, 1.54) is 29.3 Å². The van der Waals surface area contributed by atoms with E-state index in [1.54, 1.807) is 19.2 Å². The minimum Gasteiger partial charge on any atom is -0.336 e. The predicted octanol–water partition coefficient (Wildman–Crippen LogP) is 1.62. The van der Waals surface area contributed by atoms with Gasteiger partial charge in [-0.25, -0.2) is 22.8 Å². The van der Waals surface area contributed by atoms with E-state index in [4.69, 9.17) is 0 Å². The largest absolute Gasteiger partial charge is 0.336 e. The van der Waals surface area contributed by atoms with Crippen molar-refractivity contribution in [1.82, 2.24) is 14.9 Å². The van der Waals surface area contributed by atoms with Crippen molar-refractivity contribution in [3.05, 3.63) is 48.0 Å². The van der Waals surface area contributed by atoms with E-state index < -0.39 is 21.6 Å². The first-order valence-electron chi connectivity index (χ1n) is 7.68. The number of para-hydroxylation sites is 1. The Balaban J connectivity index is 1.77. The molecular formula is C16H17FN4O3S. The fourth-order valence-corrected chi connectivity index (χ4v) is 4.42. The van der Waals surface area contributed by atoms with Gasteiger partial charge in [0.05, 0.1) is 17.2 Å². The van der Waals surface area contributed by atoms with Gasteiger partial charge in [-0.2, -0.15) is 0 Å². The van der Waals surface area contributed by atoms with Gasteiger partial charge < -0.3 is 10.2 Å². The Hall–Kier alpha value is -2.55. The number of aromatic nitrogens is 2. The zero-order valence-electron chi connectivity index (χ0n) is 13.5. The van der Waals surface area contributed by atoms with E-state index in [9.17, 15) is 17.6 Å². The fraction of sp³-hybridized carbons (Fsp3) is 0.312. The molecule has 0 aliphatic carbocycles. The molecule has 2 heterocycles. The lowest BCUT2D eigenvalue weighted by Crippen LogP contribution is -2.38. The van der Waals surface area contributed by atoms with E-state index in [2.05, 4.69) is 15.3 Å². The minimum absolute atomic E-state index is 0.0410. The van der Waals surface area contributed by atoms with Crippen molar-refractivity contribution >= 4 is 27.4 Å². The molecule has 7 nitrogen and oxygen atoms in total. The molecule has 25 heavy (non-hydrogen) atoms. The van der Waals surface area contributed by atoms with Gasteiger partial charge in [0.1, 0.15) is 11.5 Å². The number of halogens is 1. The normalized spacial score (nSPS) is 18.7. The van der Waals surface area contributed by atoms with E-state index in [0.29, 0.717) is 6.42 Å². The summed E-state index contributed by atoms with van der Waals surface area (Å²) in [7, 11) is -1.54. The summed E-state index contributed by atoms with van der Waals surface area (Å²) >= 11 is 0. The van der Waals surface area contributed by atoms with Crippen LogP contribution < -0.4 is 5.32 Å². The van der Waals surface area contributed by atoms with Crippen molar-refractivity contribution in [1.29, 1.82) is 0 Å². The van der Waals surface area contributed by atoms with Crippen LogP contribution in [0.25, 0.3) is 0 Å². The third-order valence-electron chi connectivity index (χ3n) is 4.07. The lowest BCUT2D eigenvalue weighted by molar-refractivity contribution is 0.0741. The molecule has 1 unspecified atom stereocenters. The number of nitrogens with zero attached hydrogens (tertiary/aromatic N) is 3. The van der Waals surface area contributed by atoms with Crippen LogP contribution in [0.5, 0.6) is 0 Å². The van der Waals surface area contributed by atoms with Crippen molar-refractivity contribution in [2.24, 2.45) is 0 Å². The molecule has 0 spiro atoms. The van der Waals surface area contributed by atoms with Crippen LogP contribution in [0.2, 0.25) is 0 Å². The first-order valence-corrected chi connectivity index (χ1v) is 9.50. The number of sulfone groups is 1. The van der Waals surface area contributed by atoms with Crippen molar-refractivity contribution in [3.63, 3.8) is 0 Å². The second-order valence-electron chi connectivity index (χ2n) is 5.84. The number of amides is 1. The zero-order chi connectivity index (χ0) is 18.0. The number of anilines is 2. The highest BCUT2D eigenvalue weighted by Crippen LogP contribution is 2.19. The number of benzene rings is 1. The van der Waals surface area contributed by atoms with E-state index in [0.717, 1.165) is 0 Å². The molecule has 1 atom stereocenters. The Labute approximate surface area is 144 Å². The standard InChI is InChI=1S/C16H17FN4O3S/c1-21(11-7-9-25(23,24)10-11)15(22)14-6-8-18-16(20-14)19-13-5-3-2-4-12(13)17/h2-6,8,11H,7,9-10H2,1H3,(H,18,19,20). The zero-order valence-corrected chi connectivity index (χ0v) is 14.3. The molecule has 1 aliphatic rings. The molecule has 2 aromatic rings. The van der Waals surface area contributed by atoms with Crippen molar-refractivity contribution < 1.29 is 17.6 Å². The van der Waals surface area contributed by atoms with E-state index in [-0.39, 0.29) is 34.9 Å². The molecular weight excluding hydrogens is 347 g/mol. The first kappa shape index (κ1) is 17.3. The highest BCUT2D eigenvalue weighted by molar-refractivity contribution is 7.91. The van der Waals surface area contributed by atoms with Crippen molar-refractivity contribution in [3.8, 4) is 0 Å². The van der Waals surface area contributed by atoms with Gasteiger partial charge in [-0.05, 0) is 24.6 Å². The molecule has 1 aromatic carbocycles. The molecule has 9 heteroatoms. The van der Waals surface area contributed by atoms with Crippen LogP contribution in [-0.4, -0.2) is 53.8 Å². The predicted molar refractivity (Wildman–Crippen MR) is 90.9 cm³/mol. The third-order valence-corrected chi connectivity index (χ3v) is 5.82. The van der Waals surface area contributed by atoms with Crippen molar-refractivity contribution in [2.75, 3.05) is 23.9 Å². The van der Waals surface area contributed by atoms with Crippen LogP contribution >= 0.6 is 0 Å². The molecule has 0 saturated carbocycles. The molecule has 3 rings (SSSR count). The molecule has 0 bridgehead atoms. The van der Waals surface area contributed by atoms with Gasteiger partial charge in [0.25, 0.3) is 5.91 Å². The number of hydrogen-bond donors (Lipinski definition) is 1. The Morgan fingerprint density at radius 2 is 2.08 bits per heavy atom. The monoisotopic (exact) mass is 364 g/mol. The van der Waals surface area contributed by atoms with Gasteiger partial charge in [-0.3, -0.25) is 4.79 Å². The smallest absolute Gasteiger partial charge is 0.272 e. The number of hydrogen-bond acceptors (Lipinski definition) is 6. The van der Waals surface area contributed by atoms with E-state index in [1.807, 2.05) is 0 Å². The summed E-state index contributed by atoms with van der Waals surface area (Å²) in [4.78, 5) is 22.0. The Morgan fingerprint density at radius 3 is 2.76 bits per heavy atom. The van der Waals surface area contributed by atoms with Crippen molar-refractivity contribution in [2.45, 2.75) is 12.5 Å². The Morgan fingerprint density at radius 1 is 1.32 bits per heavy atom. The second-order valence-corrected chi connectivity index (χ2v) is 8.07. The van der Waals surface area contributed by atoms with Crippen LogP contribution in [-0.2, 0) is 9.84 Å². The number of carbonyl (C=O) groups excluding carboxylic acids is 1. The second kappa shape index (κ2) is 6.75. The van der Waals surface area contributed by atoms with Gasteiger partial charge in [-0.15, -0.1) is 0 Å². The van der Waals surface area contributed by atoms with Gasteiger partial charge in [-0.1, -0.05) is 12.1 Å². The summed E-state index contributed by atoms with van der Waals surface area (Å²) in [6.45, 7) is 0. The van der Waals surface area contributed by atoms with Crippen LogP contribution in [0, 0.1) is 5.82 Å². The molecule has 1 amide bonds. The van der Waals surface area contributed by atoms with Crippen LogP contribution in [0.1, 0.15) is 16.9 Å². The third kappa shape index (κ3) is 3.93. The van der Waals surface area contributed by atoms with E-state index >= 15 is 0 Å². The maximum Gasteiger partial charge on any atom is 0.272 e. The topological polar surface area (TPSA) is 92.3 Å². The quantitative estimate of drug-likeness (QED) is 0.886. The summed E-state index contributed by atoms with van der Waals surface area (Å²) in [5.41, 5.74) is 0.308. The summed E-state index contributed by atoms with van der Waals surface area (Å²) in [6, 6.07) is 7.12. The van der Waals surface area contributed by atoms with Gasteiger partial charge >= 0.3 is 0 Å². The Kier molecular flexibility index (Phi) is 4.67. The molecule has 1 aromatic heterocycles. The minimum atomic E-state index is -3.09. The summed E-state index contributed by atoms with van der Waals surface area (Å²) in [5, 5.41) is 2.73. The molecule has 0 radical (unpaired) electrons. The first-order chi connectivity index (χ1) is 11.9. The SMILES string of the molecule is CN(C(=O)c1ccnc(Nc2ccccc2F)n1)C1CCS(=O)(=O)C1. The lowest BCUT2D eigenvalue weighted by atomic mass is 10.2. The van der Waals surface area contributed by atoms with Gasteiger partial charge in [0.15, 0.2) is 9.84 Å². The van der Waals surface area contributed by atoms with Gasteiger partial charge in [0, 0.05) is 19.3 Å². The maximum absolute atomic E-state index is 13.7. The molecule has 132 valence electrons. The van der Waals surface area contributed by atoms with Crippen LogP contribution in [0.4, 0.5) is 16.0 Å². The highest BCUT2D eigenvalue weighted by atomic mass is 32.2. The number of nitrogens with one attached hydrogen (secondary N) is 1. The van der Waals surface area contributed by atoms with Crippen LogP contribution in [0.3, 0.4) is 0 Å². The average molecular weight is 364 g/mol. The molecule has 1 saturated heterocycles. The Bertz CT molecular complexity index is 904. The molecule has 1 aliphatic heterocycles.